The van der Waals surface area contributed by atoms with Gasteiger partial charge in [-0.15, -0.1) is 0 Å². The Morgan fingerprint density at radius 3 is 3.05 bits per heavy atom. The van der Waals surface area contributed by atoms with E-state index >= 15 is 0 Å². The van der Waals surface area contributed by atoms with E-state index < -0.39 is 6.17 Å². The van der Waals surface area contributed by atoms with Crippen LogP contribution in [0.1, 0.15) is 33.1 Å². The van der Waals surface area contributed by atoms with Gasteiger partial charge in [0.15, 0.2) is 0 Å². The number of fused-ring (bicyclic) bond motifs is 1. The summed E-state index contributed by atoms with van der Waals surface area (Å²) in [4.78, 5) is 11.5. The minimum atomic E-state index is -0.427. The van der Waals surface area contributed by atoms with Crippen LogP contribution in [0.15, 0.2) is 12.1 Å². The number of nitrogens with one attached hydrogen (secondary N) is 1. The minimum Gasteiger partial charge on any atom is -0.457 e. The summed E-state index contributed by atoms with van der Waals surface area (Å²) in [5.74, 6) is -0.274. The van der Waals surface area contributed by atoms with Crippen molar-refractivity contribution in [1.29, 1.82) is 0 Å². The third-order valence-electron chi connectivity index (χ3n) is 3.92. The molecule has 6 nitrogen and oxygen atoms in total. The van der Waals surface area contributed by atoms with Crippen molar-refractivity contribution in [3.63, 3.8) is 0 Å². The molecule has 0 aliphatic carbocycles. The fourth-order valence-corrected chi connectivity index (χ4v) is 2.77. The molecule has 0 spiro atoms. The molecule has 0 amide bonds. The summed E-state index contributed by atoms with van der Waals surface area (Å²) in [7, 11) is 0. The van der Waals surface area contributed by atoms with Gasteiger partial charge >= 0.3 is 5.97 Å². The van der Waals surface area contributed by atoms with Crippen LogP contribution < -0.4 is 11.1 Å². The Labute approximate surface area is 111 Å². The fourth-order valence-electron chi connectivity index (χ4n) is 2.77. The molecule has 2 aliphatic rings. The number of benzene rings is 1. The van der Waals surface area contributed by atoms with Crippen molar-refractivity contribution in [2.75, 3.05) is 13.1 Å². The molecule has 1 fully saturated rings. The number of rotatable bonds is 1. The van der Waals surface area contributed by atoms with Crippen LogP contribution in [0, 0.1) is 6.92 Å². The number of carbonyl (C=O) groups is 1. The zero-order valence-corrected chi connectivity index (χ0v) is 10.7. The molecule has 0 bridgehead atoms. The maximum Gasteiger partial charge on any atom is 0.338 e. The van der Waals surface area contributed by atoms with Crippen LogP contribution in [0.2, 0.25) is 0 Å². The average molecular weight is 263 g/mol. The topological polar surface area (TPSA) is 87.8 Å². The average Bonchev–Trinajstić information content (AvgIpc) is 2.77. The molecule has 1 saturated heterocycles. The summed E-state index contributed by atoms with van der Waals surface area (Å²) in [6.07, 6.45) is -0.427. The number of nitrogens with zero attached hydrogens (tertiary/aromatic N) is 1. The Kier molecular flexibility index (Phi) is 3.02. The molecule has 6 heteroatoms. The summed E-state index contributed by atoms with van der Waals surface area (Å²) >= 11 is 0. The summed E-state index contributed by atoms with van der Waals surface area (Å²) in [6, 6.07) is 3.43. The van der Waals surface area contributed by atoms with Crippen LogP contribution in [0.4, 0.5) is 0 Å². The molecule has 0 unspecified atom stereocenters. The number of ether oxygens (including phenoxy) is 1. The van der Waals surface area contributed by atoms with Gasteiger partial charge in [-0.05, 0) is 24.1 Å². The number of nitrogens with two attached hydrogens (primary N) is 1. The van der Waals surface area contributed by atoms with Crippen LogP contribution >= 0.6 is 0 Å². The van der Waals surface area contributed by atoms with Gasteiger partial charge in [0.2, 0.25) is 0 Å². The zero-order chi connectivity index (χ0) is 13.6. The van der Waals surface area contributed by atoms with Crippen molar-refractivity contribution >= 4 is 5.97 Å². The molecule has 0 aromatic heterocycles. The predicted molar refractivity (Wildman–Crippen MR) is 67.5 cm³/mol. The molecule has 2 atom stereocenters. The number of hydrogen-bond acceptors (Lipinski definition) is 6. The molecule has 19 heavy (non-hydrogen) atoms. The van der Waals surface area contributed by atoms with Gasteiger partial charge in [0, 0.05) is 18.7 Å². The Hall–Kier alpha value is -1.47. The number of piperazine rings is 1. The second-order valence-corrected chi connectivity index (χ2v) is 5.00. The molecule has 1 aromatic carbocycles. The maximum absolute atomic E-state index is 11.5. The number of hydrogen-bond donors (Lipinski definition) is 3. The van der Waals surface area contributed by atoms with Crippen LogP contribution in [-0.2, 0) is 11.3 Å². The minimum absolute atomic E-state index is 0.204. The summed E-state index contributed by atoms with van der Waals surface area (Å²) in [5.41, 5.74) is 9.32. The Balaban J connectivity index is 2.00. The quantitative estimate of drug-likeness (QED) is 0.631. The van der Waals surface area contributed by atoms with E-state index in [0.717, 1.165) is 16.7 Å². The fraction of sp³-hybridized carbons (Fsp3) is 0.462. The first-order valence-corrected chi connectivity index (χ1v) is 6.32. The van der Waals surface area contributed by atoms with Gasteiger partial charge in [0.1, 0.15) is 6.61 Å². The molecule has 102 valence electrons. The SMILES string of the molecule is Cc1c([C@@H]2CNC[C@H](N)N2O)ccc2c1COC2=O. The first-order valence-electron chi connectivity index (χ1n) is 6.32. The van der Waals surface area contributed by atoms with E-state index in [4.69, 9.17) is 10.5 Å². The van der Waals surface area contributed by atoms with Crippen molar-refractivity contribution in [3.8, 4) is 0 Å². The lowest BCUT2D eigenvalue weighted by Crippen LogP contribution is -2.55. The molecule has 0 radical (unpaired) electrons. The molecule has 2 heterocycles. The van der Waals surface area contributed by atoms with Crippen molar-refractivity contribution in [3.05, 3.63) is 34.4 Å². The molecule has 3 rings (SSSR count). The van der Waals surface area contributed by atoms with E-state index in [2.05, 4.69) is 5.32 Å². The van der Waals surface area contributed by atoms with Gasteiger partial charge in [0.25, 0.3) is 0 Å². The van der Waals surface area contributed by atoms with E-state index in [1.165, 1.54) is 5.06 Å². The molecule has 1 aromatic rings. The highest BCUT2D eigenvalue weighted by molar-refractivity contribution is 5.93. The second kappa shape index (κ2) is 4.57. The Bertz CT molecular complexity index is 532. The molecule has 4 N–H and O–H groups in total. The molecule has 0 saturated carbocycles. The van der Waals surface area contributed by atoms with Gasteiger partial charge in [0.05, 0.1) is 17.8 Å². The highest BCUT2D eigenvalue weighted by Crippen LogP contribution is 2.31. The lowest BCUT2D eigenvalue weighted by Gasteiger charge is -2.37. The largest absolute Gasteiger partial charge is 0.457 e. The maximum atomic E-state index is 11.5. The van der Waals surface area contributed by atoms with Gasteiger partial charge < -0.3 is 21.0 Å². The third kappa shape index (κ3) is 1.93. The van der Waals surface area contributed by atoms with E-state index in [1.807, 2.05) is 13.0 Å². The lowest BCUT2D eigenvalue weighted by atomic mass is 9.93. The van der Waals surface area contributed by atoms with Crippen LogP contribution in [0.25, 0.3) is 0 Å². The standard InChI is InChI=1S/C13H17N3O3/c1-7-8(11-4-15-5-12(14)16(11)18)2-3-9-10(7)6-19-13(9)17/h2-3,11-12,15,18H,4-6,14H2,1H3/t11-,12+/m0/s1. The number of hydroxylamine groups is 2. The van der Waals surface area contributed by atoms with Gasteiger partial charge in [-0.25, -0.2) is 4.79 Å². The van der Waals surface area contributed by atoms with Gasteiger partial charge in [-0.3, -0.25) is 0 Å². The van der Waals surface area contributed by atoms with Crippen LogP contribution in [0.3, 0.4) is 0 Å². The first-order chi connectivity index (χ1) is 9.09. The number of cyclic esters (lactones) is 1. The monoisotopic (exact) mass is 263 g/mol. The summed E-state index contributed by atoms with van der Waals surface area (Å²) in [5, 5.41) is 14.5. The predicted octanol–water partition coefficient (Wildman–Crippen LogP) is 0.286. The van der Waals surface area contributed by atoms with E-state index in [-0.39, 0.29) is 12.0 Å². The third-order valence-corrected chi connectivity index (χ3v) is 3.92. The summed E-state index contributed by atoms with van der Waals surface area (Å²) < 4.78 is 5.04. The van der Waals surface area contributed by atoms with Crippen LogP contribution in [-0.4, -0.2) is 35.5 Å². The molecular formula is C13H17N3O3. The van der Waals surface area contributed by atoms with Crippen molar-refractivity contribution < 1.29 is 14.7 Å². The normalized spacial score (nSPS) is 27.2. The number of carbonyl (C=O) groups excluding carboxylic acids is 1. The smallest absolute Gasteiger partial charge is 0.338 e. The van der Waals surface area contributed by atoms with Crippen molar-refractivity contribution in [2.24, 2.45) is 5.73 Å². The van der Waals surface area contributed by atoms with Gasteiger partial charge in [-0.1, -0.05) is 6.07 Å². The van der Waals surface area contributed by atoms with Crippen LogP contribution in [0.5, 0.6) is 0 Å². The van der Waals surface area contributed by atoms with Gasteiger partial charge in [-0.2, -0.15) is 5.06 Å². The summed E-state index contributed by atoms with van der Waals surface area (Å²) in [6.45, 7) is 3.44. The Morgan fingerprint density at radius 1 is 1.47 bits per heavy atom. The number of esters is 1. The first kappa shape index (κ1) is 12.6. The Morgan fingerprint density at radius 2 is 2.26 bits per heavy atom. The lowest BCUT2D eigenvalue weighted by molar-refractivity contribution is -0.171. The highest BCUT2D eigenvalue weighted by Gasteiger charge is 2.32. The van der Waals surface area contributed by atoms with E-state index in [0.29, 0.717) is 25.3 Å². The molecular weight excluding hydrogens is 246 g/mol. The second-order valence-electron chi connectivity index (χ2n) is 5.00. The van der Waals surface area contributed by atoms with Crippen molar-refractivity contribution in [1.82, 2.24) is 10.4 Å². The van der Waals surface area contributed by atoms with Crippen molar-refractivity contribution in [2.45, 2.75) is 25.7 Å². The zero-order valence-electron chi connectivity index (χ0n) is 10.7. The van der Waals surface area contributed by atoms with E-state index in [1.54, 1.807) is 6.07 Å². The highest BCUT2D eigenvalue weighted by atomic mass is 16.5. The molecule has 2 aliphatic heterocycles. The van der Waals surface area contributed by atoms with E-state index in [9.17, 15) is 10.0 Å².